The zero-order valence-electron chi connectivity index (χ0n) is 12.9. The summed E-state index contributed by atoms with van der Waals surface area (Å²) in [5.74, 6) is 0.605. The van der Waals surface area contributed by atoms with E-state index in [-0.39, 0.29) is 30.5 Å². The zero-order valence-corrected chi connectivity index (χ0v) is 13.7. The van der Waals surface area contributed by atoms with Gasteiger partial charge in [-0.05, 0) is 11.6 Å². The van der Waals surface area contributed by atoms with Gasteiger partial charge in [0.05, 0.1) is 7.11 Å². The average molecular weight is 334 g/mol. The Labute approximate surface area is 142 Å². The van der Waals surface area contributed by atoms with Crippen LogP contribution < -0.4 is 10.1 Å². The van der Waals surface area contributed by atoms with Crippen molar-refractivity contribution in [3.05, 3.63) is 54.6 Å². The summed E-state index contributed by atoms with van der Waals surface area (Å²) in [4.78, 5) is 11.6. The summed E-state index contributed by atoms with van der Waals surface area (Å²) >= 11 is 0. The van der Waals surface area contributed by atoms with E-state index in [9.17, 15) is 4.79 Å². The fourth-order valence-electron chi connectivity index (χ4n) is 2.72. The number of esters is 1. The molecule has 0 aliphatic carbocycles. The third-order valence-corrected chi connectivity index (χ3v) is 3.84. The summed E-state index contributed by atoms with van der Waals surface area (Å²) in [6.07, 6.45) is 0.587. The van der Waals surface area contributed by atoms with Crippen molar-refractivity contribution < 1.29 is 14.3 Å². The van der Waals surface area contributed by atoms with Crippen molar-refractivity contribution in [2.75, 3.05) is 13.7 Å². The molecule has 0 bridgehead atoms. The van der Waals surface area contributed by atoms with Gasteiger partial charge in [-0.2, -0.15) is 0 Å². The Hall–Kier alpha value is -2.04. The van der Waals surface area contributed by atoms with Gasteiger partial charge in [0.1, 0.15) is 17.9 Å². The van der Waals surface area contributed by atoms with Crippen LogP contribution in [0, 0.1) is 0 Å². The maximum atomic E-state index is 11.6. The maximum absolute atomic E-state index is 11.6. The first-order valence-electron chi connectivity index (χ1n) is 7.40. The first-order valence-corrected chi connectivity index (χ1v) is 7.40. The molecule has 1 heterocycles. The maximum Gasteiger partial charge on any atom is 0.323 e. The van der Waals surface area contributed by atoms with E-state index < -0.39 is 0 Å². The van der Waals surface area contributed by atoms with Gasteiger partial charge in [-0.15, -0.1) is 12.4 Å². The van der Waals surface area contributed by atoms with Crippen LogP contribution >= 0.6 is 12.4 Å². The van der Waals surface area contributed by atoms with Gasteiger partial charge >= 0.3 is 5.97 Å². The normalized spacial score (nSPS) is 19.7. The molecule has 0 radical (unpaired) electrons. The van der Waals surface area contributed by atoms with E-state index in [1.165, 1.54) is 7.11 Å². The zero-order chi connectivity index (χ0) is 15.4. The first kappa shape index (κ1) is 17.3. The second-order valence-electron chi connectivity index (χ2n) is 5.32. The van der Waals surface area contributed by atoms with Gasteiger partial charge in [-0.25, -0.2) is 0 Å². The first-order chi connectivity index (χ1) is 10.8. The summed E-state index contributed by atoms with van der Waals surface area (Å²) in [6.45, 7) is 0.642. The van der Waals surface area contributed by atoms with Gasteiger partial charge in [0.15, 0.2) is 0 Å². The minimum absolute atomic E-state index is 0. The Morgan fingerprint density at radius 3 is 2.52 bits per heavy atom. The van der Waals surface area contributed by atoms with Crippen molar-refractivity contribution in [2.45, 2.75) is 18.6 Å². The van der Waals surface area contributed by atoms with Gasteiger partial charge in [0.25, 0.3) is 0 Å². The molecule has 2 aromatic rings. The highest BCUT2D eigenvalue weighted by Gasteiger charge is 2.31. The molecule has 1 fully saturated rings. The van der Waals surface area contributed by atoms with E-state index in [0.717, 1.165) is 16.9 Å². The second kappa shape index (κ2) is 7.99. The molecule has 1 N–H and O–H groups in total. The predicted octanol–water partition coefficient (Wildman–Crippen LogP) is 3.06. The van der Waals surface area contributed by atoms with Crippen LogP contribution in [0.25, 0.3) is 11.1 Å². The topological polar surface area (TPSA) is 47.6 Å². The van der Waals surface area contributed by atoms with Crippen LogP contribution in [-0.2, 0) is 9.53 Å². The molecule has 122 valence electrons. The van der Waals surface area contributed by atoms with E-state index >= 15 is 0 Å². The molecule has 0 saturated carbocycles. The molecule has 2 atom stereocenters. The lowest BCUT2D eigenvalue weighted by Gasteiger charge is -2.16. The predicted molar refractivity (Wildman–Crippen MR) is 92.0 cm³/mol. The van der Waals surface area contributed by atoms with E-state index in [2.05, 4.69) is 17.4 Å². The van der Waals surface area contributed by atoms with Crippen LogP contribution in [-0.4, -0.2) is 31.8 Å². The van der Waals surface area contributed by atoms with Gasteiger partial charge in [0, 0.05) is 18.5 Å². The highest BCUT2D eigenvalue weighted by atomic mass is 35.5. The lowest BCUT2D eigenvalue weighted by atomic mass is 10.0. The van der Waals surface area contributed by atoms with Crippen molar-refractivity contribution in [3.8, 4) is 16.9 Å². The van der Waals surface area contributed by atoms with Crippen LogP contribution in [0.5, 0.6) is 5.75 Å². The van der Waals surface area contributed by atoms with E-state index in [1.54, 1.807) is 0 Å². The standard InChI is InChI=1S/C18H19NO3.ClH/c1-21-18(20)16-11-14(12-19-16)22-17-10-6-5-9-15(17)13-7-3-2-4-8-13;/h2-10,14,16,19H,11-12H2,1H3;1H. The molecule has 2 aromatic carbocycles. The molecule has 2 unspecified atom stereocenters. The number of carbonyl (C=O) groups is 1. The molecule has 0 amide bonds. The summed E-state index contributed by atoms with van der Waals surface area (Å²) in [5.41, 5.74) is 2.18. The molecular formula is C18H20ClNO3. The third-order valence-electron chi connectivity index (χ3n) is 3.84. The number of halogens is 1. The Morgan fingerprint density at radius 1 is 1.09 bits per heavy atom. The Bertz CT molecular complexity index is 648. The quantitative estimate of drug-likeness (QED) is 0.874. The van der Waals surface area contributed by atoms with Crippen molar-refractivity contribution in [1.82, 2.24) is 5.32 Å². The van der Waals surface area contributed by atoms with Gasteiger partial charge in [-0.1, -0.05) is 48.5 Å². The van der Waals surface area contributed by atoms with Crippen molar-refractivity contribution in [1.29, 1.82) is 0 Å². The molecule has 0 spiro atoms. The minimum atomic E-state index is -0.279. The number of ether oxygens (including phenoxy) is 2. The van der Waals surface area contributed by atoms with E-state index in [0.29, 0.717) is 13.0 Å². The molecule has 1 aliphatic heterocycles. The minimum Gasteiger partial charge on any atom is -0.488 e. The molecule has 4 nitrogen and oxygen atoms in total. The molecule has 0 aromatic heterocycles. The van der Waals surface area contributed by atoms with E-state index in [4.69, 9.17) is 9.47 Å². The second-order valence-corrected chi connectivity index (χ2v) is 5.32. The molecule has 3 rings (SSSR count). The Kier molecular flexibility index (Phi) is 6.02. The van der Waals surface area contributed by atoms with Gasteiger partial charge in [0.2, 0.25) is 0 Å². The largest absolute Gasteiger partial charge is 0.488 e. The Balaban J connectivity index is 0.00000192. The number of hydrogen-bond donors (Lipinski definition) is 1. The lowest BCUT2D eigenvalue weighted by molar-refractivity contribution is -0.142. The molecular weight excluding hydrogens is 314 g/mol. The van der Waals surface area contributed by atoms with Gasteiger partial charge in [-0.3, -0.25) is 4.79 Å². The third kappa shape index (κ3) is 4.03. The number of carbonyl (C=O) groups excluding carboxylic acids is 1. The van der Waals surface area contributed by atoms with Crippen LogP contribution in [0.2, 0.25) is 0 Å². The lowest BCUT2D eigenvalue weighted by Crippen LogP contribution is -2.31. The SMILES string of the molecule is COC(=O)C1CC(Oc2ccccc2-c2ccccc2)CN1.Cl. The number of hydrogen-bond acceptors (Lipinski definition) is 4. The fourth-order valence-corrected chi connectivity index (χ4v) is 2.72. The van der Waals surface area contributed by atoms with Crippen LogP contribution in [0.1, 0.15) is 6.42 Å². The van der Waals surface area contributed by atoms with Crippen LogP contribution in [0.4, 0.5) is 0 Å². The molecule has 5 heteroatoms. The average Bonchev–Trinajstić information content (AvgIpc) is 3.04. The number of rotatable bonds is 4. The monoisotopic (exact) mass is 333 g/mol. The smallest absolute Gasteiger partial charge is 0.323 e. The van der Waals surface area contributed by atoms with E-state index in [1.807, 2.05) is 42.5 Å². The van der Waals surface area contributed by atoms with Crippen molar-refractivity contribution >= 4 is 18.4 Å². The van der Waals surface area contributed by atoms with Crippen LogP contribution in [0.3, 0.4) is 0 Å². The Morgan fingerprint density at radius 2 is 1.78 bits per heavy atom. The fraction of sp³-hybridized carbons (Fsp3) is 0.278. The summed E-state index contributed by atoms with van der Waals surface area (Å²) in [6, 6.07) is 17.8. The van der Waals surface area contributed by atoms with Gasteiger partial charge < -0.3 is 14.8 Å². The molecule has 23 heavy (non-hydrogen) atoms. The number of benzene rings is 2. The highest BCUT2D eigenvalue weighted by molar-refractivity contribution is 5.85. The molecule has 1 aliphatic rings. The molecule has 1 saturated heterocycles. The summed E-state index contributed by atoms with van der Waals surface area (Å²) in [7, 11) is 1.41. The summed E-state index contributed by atoms with van der Waals surface area (Å²) < 4.78 is 10.9. The highest BCUT2D eigenvalue weighted by Crippen LogP contribution is 2.31. The van der Waals surface area contributed by atoms with Crippen molar-refractivity contribution in [2.24, 2.45) is 0 Å². The number of para-hydroxylation sites is 1. The van der Waals surface area contributed by atoms with Crippen molar-refractivity contribution in [3.63, 3.8) is 0 Å². The van der Waals surface area contributed by atoms with Crippen LogP contribution in [0.15, 0.2) is 54.6 Å². The number of methoxy groups -OCH3 is 1. The number of nitrogens with one attached hydrogen (secondary N) is 1. The summed E-state index contributed by atoms with van der Waals surface area (Å²) in [5, 5.41) is 3.14.